The summed E-state index contributed by atoms with van der Waals surface area (Å²) in [6, 6.07) is 19.4. The molecule has 0 fully saturated rings. The summed E-state index contributed by atoms with van der Waals surface area (Å²) in [5.74, 6) is 0.551. The number of halogens is 1. The molecule has 0 aromatic heterocycles. The van der Waals surface area contributed by atoms with Gasteiger partial charge in [-0.2, -0.15) is 0 Å². The third kappa shape index (κ3) is 5.53. The van der Waals surface area contributed by atoms with Gasteiger partial charge in [-0.25, -0.2) is 0 Å². The van der Waals surface area contributed by atoms with Gasteiger partial charge in [0.05, 0.1) is 0 Å². The minimum absolute atomic E-state index is 0.509. The molecule has 2 aromatic carbocycles. The highest BCUT2D eigenvalue weighted by Crippen LogP contribution is 2.21. The number of hydrogen-bond donors (Lipinski definition) is 1. The molecule has 0 spiro atoms. The van der Waals surface area contributed by atoms with Crippen LogP contribution in [0.5, 0.6) is 0 Å². The van der Waals surface area contributed by atoms with Crippen LogP contribution < -0.4 is 5.32 Å². The first-order chi connectivity index (χ1) is 10.1. The zero-order chi connectivity index (χ0) is 15.1. The second kappa shape index (κ2) is 8.21. The molecule has 0 saturated carbocycles. The lowest BCUT2D eigenvalue weighted by Crippen LogP contribution is -2.31. The number of rotatable bonds is 7. The molecule has 0 heterocycles. The van der Waals surface area contributed by atoms with Crippen LogP contribution in [-0.4, -0.2) is 12.6 Å². The molecule has 0 aliphatic rings. The molecule has 0 bridgehead atoms. The molecule has 0 saturated heterocycles. The average molecular weight is 302 g/mol. The van der Waals surface area contributed by atoms with Crippen molar-refractivity contribution in [2.75, 3.05) is 6.54 Å². The molecule has 0 amide bonds. The van der Waals surface area contributed by atoms with Crippen molar-refractivity contribution in [2.24, 2.45) is 5.92 Å². The minimum atomic E-state index is 0.509. The fourth-order valence-electron chi connectivity index (χ4n) is 2.54. The van der Waals surface area contributed by atoms with Gasteiger partial charge in [0.25, 0.3) is 0 Å². The van der Waals surface area contributed by atoms with Gasteiger partial charge in [-0.1, -0.05) is 74.0 Å². The summed E-state index contributed by atoms with van der Waals surface area (Å²) in [7, 11) is 0. The molecule has 2 aromatic rings. The molecular weight excluding hydrogens is 278 g/mol. The van der Waals surface area contributed by atoms with E-state index in [1.54, 1.807) is 0 Å². The molecule has 2 heteroatoms. The summed E-state index contributed by atoms with van der Waals surface area (Å²) in [5.41, 5.74) is 2.63. The van der Waals surface area contributed by atoms with Gasteiger partial charge in [0, 0.05) is 11.1 Å². The zero-order valence-electron chi connectivity index (χ0n) is 12.9. The molecule has 21 heavy (non-hydrogen) atoms. The van der Waals surface area contributed by atoms with E-state index in [2.05, 4.69) is 61.6 Å². The van der Waals surface area contributed by atoms with E-state index in [1.807, 2.05) is 12.1 Å². The number of nitrogens with one attached hydrogen (secondary N) is 1. The van der Waals surface area contributed by atoms with Gasteiger partial charge in [0.2, 0.25) is 0 Å². The maximum Gasteiger partial charge on any atom is 0.0438 e. The first-order valence-electron chi connectivity index (χ1n) is 7.66. The topological polar surface area (TPSA) is 12.0 Å². The van der Waals surface area contributed by atoms with Crippen molar-refractivity contribution in [2.45, 2.75) is 32.7 Å². The van der Waals surface area contributed by atoms with Gasteiger partial charge >= 0.3 is 0 Å². The van der Waals surface area contributed by atoms with Crippen LogP contribution in [0.15, 0.2) is 54.6 Å². The first kappa shape index (κ1) is 16.1. The second-order valence-corrected chi connectivity index (χ2v) is 6.32. The highest BCUT2D eigenvalue weighted by atomic mass is 35.5. The molecule has 0 radical (unpaired) electrons. The van der Waals surface area contributed by atoms with Crippen LogP contribution in [0.3, 0.4) is 0 Å². The normalized spacial score (nSPS) is 12.6. The van der Waals surface area contributed by atoms with Crippen molar-refractivity contribution in [1.29, 1.82) is 0 Å². The monoisotopic (exact) mass is 301 g/mol. The summed E-state index contributed by atoms with van der Waals surface area (Å²) < 4.78 is 0. The van der Waals surface area contributed by atoms with E-state index in [0.29, 0.717) is 12.0 Å². The van der Waals surface area contributed by atoms with Gasteiger partial charge in [-0.3, -0.25) is 0 Å². The van der Waals surface area contributed by atoms with Crippen LogP contribution in [0.4, 0.5) is 0 Å². The third-order valence-corrected chi connectivity index (χ3v) is 4.02. The maximum atomic E-state index is 6.31. The van der Waals surface area contributed by atoms with Gasteiger partial charge in [-0.15, -0.1) is 0 Å². The summed E-state index contributed by atoms with van der Waals surface area (Å²) >= 11 is 6.31. The highest BCUT2D eigenvalue weighted by molar-refractivity contribution is 6.31. The fourth-order valence-corrected chi connectivity index (χ4v) is 2.75. The Morgan fingerprint density at radius 1 is 0.905 bits per heavy atom. The molecule has 0 aliphatic heterocycles. The lowest BCUT2D eigenvalue weighted by atomic mass is 9.92. The Bertz CT molecular complexity index is 536. The van der Waals surface area contributed by atoms with Crippen LogP contribution in [0.1, 0.15) is 25.0 Å². The lowest BCUT2D eigenvalue weighted by molar-refractivity contribution is 0.444. The van der Waals surface area contributed by atoms with Crippen LogP contribution in [0.2, 0.25) is 5.02 Å². The molecule has 1 atom stereocenters. The van der Waals surface area contributed by atoms with Crippen molar-refractivity contribution in [3.63, 3.8) is 0 Å². The van der Waals surface area contributed by atoms with Crippen molar-refractivity contribution < 1.29 is 0 Å². The van der Waals surface area contributed by atoms with E-state index in [4.69, 9.17) is 11.6 Å². The van der Waals surface area contributed by atoms with Crippen molar-refractivity contribution >= 4 is 11.6 Å². The molecule has 0 aliphatic carbocycles. The molecule has 112 valence electrons. The highest BCUT2D eigenvalue weighted by Gasteiger charge is 2.13. The summed E-state index contributed by atoms with van der Waals surface area (Å²) in [6.45, 7) is 5.39. The van der Waals surface area contributed by atoms with Crippen molar-refractivity contribution in [3.05, 3.63) is 70.7 Å². The van der Waals surface area contributed by atoms with Crippen LogP contribution >= 0.6 is 11.6 Å². The largest absolute Gasteiger partial charge is 0.314 e. The summed E-state index contributed by atoms with van der Waals surface area (Å²) in [4.78, 5) is 0. The Morgan fingerprint density at radius 2 is 1.57 bits per heavy atom. The Morgan fingerprint density at radius 3 is 2.24 bits per heavy atom. The van der Waals surface area contributed by atoms with Crippen LogP contribution in [-0.2, 0) is 12.8 Å². The third-order valence-electron chi connectivity index (χ3n) is 3.65. The molecular formula is C19H24ClN. The van der Waals surface area contributed by atoms with Crippen molar-refractivity contribution in [3.8, 4) is 0 Å². The Kier molecular flexibility index (Phi) is 6.28. The smallest absolute Gasteiger partial charge is 0.0438 e. The van der Waals surface area contributed by atoms with Crippen molar-refractivity contribution in [1.82, 2.24) is 5.32 Å². The van der Waals surface area contributed by atoms with E-state index < -0.39 is 0 Å². The van der Waals surface area contributed by atoms with Crippen LogP contribution in [0, 0.1) is 5.92 Å². The predicted molar refractivity (Wildman–Crippen MR) is 91.9 cm³/mol. The Balaban J connectivity index is 2.06. The lowest BCUT2D eigenvalue weighted by Gasteiger charge is -2.20. The van der Waals surface area contributed by atoms with Crippen LogP contribution in [0.25, 0.3) is 0 Å². The van der Waals surface area contributed by atoms with E-state index in [0.717, 1.165) is 24.4 Å². The van der Waals surface area contributed by atoms with E-state index >= 15 is 0 Å². The van der Waals surface area contributed by atoms with Gasteiger partial charge in [0.15, 0.2) is 0 Å². The van der Waals surface area contributed by atoms with E-state index in [9.17, 15) is 0 Å². The predicted octanol–water partition coefficient (Wildman–Crippen LogP) is 4.74. The van der Waals surface area contributed by atoms with Gasteiger partial charge in [0.1, 0.15) is 0 Å². The first-order valence-corrected chi connectivity index (χ1v) is 8.03. The SMILES string of the molecule is CC(C)NCC(Cc1ccccc1)Cc1ccccc1Cl. The number of benzene rings is 2. The summed E-state index contributed by atoms with van der Waals surface area (Å²) in [5, 5.41) is 4.44. The number of hydrogen-bond acceptors (Lipinski definition) is 1. The fraction of sp³-hybridized carbons (Fsp3) is 0.368. The standard InChI is InChI=1S/C19H24ClN/c1-15(2)21-14-17(12-16-8-4-3-5-9-16)13-18-10-6-7-11-19(18)20/h3-11,15,17,21H,12-14H2,1-2H3. The average Bonchev–Trinajstić information content (AvgIpc) is 2.48. The van der Waals surface area contributed by atoms with E-state index in [1.165, 1.54) is 11.1 Å². The van der Waals surface area contributed by atoms with Gasteiger partial charge in [-0.05, 0) is 42.5 Å². The molecule has 1 nitrogen and oxygen atoms in total. The quantitative estimate of drug-likeness (QED) is 0.779. The molecule has 1 N–H and O–H groups in total. The molecule has 1 unspecified atom stereocenters. The zero-order valence-corrected chi connectivity index (χ0v) is 13.6. The maximum absolute atomic E-state index is 6.31. The Labute approximate surface area is 133 Å². The molecule has 2 rings (SSSR count). The Hall–Kier alpha value is -1.31. The second-order valence-electron chi connectivity index (χ2n) is 5.91. The summed E-state index contributed by atoms with van der Waals surface area (Å²) in [6.07, 6.45) is 2.08. The van der Waals surface area contributed by atoms with E-state index in [-0.39, 0.29) is 0 Å². The minimum Gasteiger partial charge on any atom is -0.314 e. The van der Waals surface area contributed by atoms with Gasteiger partial charge < -0.3 is 5.32 Å².